The molecule has 6 rings (SSSR count). The normalized spacial score (nSPS) is 15.2. The second-order valence-electron chi connectivity index (χ2n) is 10.8. The Kier molecular flexibility index (Phi) is 7.24. The van der Waals surface area contributed by atoms with Gasteiger partial charge < -0.3 is 10.1 Å². The maximum absolute atomic E-state index is 14.6. The standard InChI is InChI=1S/C33H33N3O3S/c1-22-11-10-13-24(19-22)36-31(38)29-30(25-14-5-4-12-23(25)20-33(29)17-8-3-9-18-33)35-32(36)40-21-28(37)34-26-15-6-7-16-27(26)39-2/h4-7,10-16,19H,3,8-9,17-18,20-21H2,1-2H3,(H,34,37). The predicted octanol–water partition coefficient (Wildman–Crippen LogP) is 6.71. The maximum atomic E-state index is 14.6. The Morgan fingerprint density at radius 1 is 1.02 bits per heavy atom. The van der Waals surface area contributed by atoms with E-state index >= 15 is 0 Å². The first-order valence-corrected chi connectivity index (χ1v) is 14.9. The van der Waals surface area contributed by atoms with Crippen molar-refractivity contribution < 1.29 is 9.53 Å². The topological polar surface area (TPSA) is 73.2 Å². The van der Waals surface area contributed by atoms with E-state index in [1.165, 1.54) is 23.7 Å². The molecule has 7 heteroatoms. The Bertz CT molecular complexity index is 1640. The lowest BCUT2D eigenvalue weighted by Gasteiger charge is -2.42. The van der Waals surface area contributed by atoms with Crippen LogP contribution in [-0.4, -0.2) is 28.3 Å². The zero-order valence-corrected chi connectivity index (χ0v) is 23.7. The average Bonchev–Trinajstić information content (AvgIpc) is 2.96. The number of aromatic nitrogens is 2. The third-order valence-electron chi connectivity index (χ3n) is 8.17. The Labute approximate surface area is 238 Å². The van der Waals surface area contributed by atoms with Gasteiger partial charge in [0.2, 0.25) is 5.91 Å². The van der Waals surface area contributed by atoms with Crippen LogP contribution in [0.15, 0.2) is 82.7 Å². The van der Waals surface area contributed by atoms with Gasteiger partial charge in [-0.25, -0.2) is 4.98 Å². The van der Waals surface area contributed by atoms with Gasteiger partial charge in [-0.1, -0.05) is 79.6 Å². The van der Waals surface area contributed by atoms with E-state index < -0.39 is 0 Å². The summed E-state index contributed by atoms with van der Waals surface area (Å²) < 4.78 is 7.12. The molecule has 2 aliphatic rings. The molecule has 40 heavy (non-hydrogen) atoms. The average molecular weight is 552 g/mol. The van der Waals surface area contributed by atoms with Crippen molar-refractivity contribution in [2.45, 2.75) is 56.0 Å². The van der Waals surface area contributed by atoms with Crippen LogP contribution in [0.1, 0.15) is 48.8 Å². The van der Waals surface area contributed by atoms with Gasteiger partial charge in [0.15, 0.2) is 5.16 Å². The predicted molar refractivity (Wildman–Crippen MR) is 161 cm³/mol. The molecule has 0 saturated heterocycles. The summed E-state index contributed by atoms with van der Waals surface area (Å²) >= 11 is 1.28. The number of hydrogen-bond donors (Lipinski definition) is 1. The number of hydrogen-bond acceptors (Lipinski definition) is 5. The Morgan fingerprint density at radius 3 is 2.60 bits per heavy atom. The van der Waals surface area contributed by atoms with Crippen LogP contribution >= 0.6 is 11.8 Å². The molecule has 0 unspecified atom stereocenters. The molecule has 0 atom stereocenters. The molecular weight excluding hydrogens is 518 g/mol. The quantitative estimate of drug-likeness (QED) is 0.213. The second-order valence-corrected chi connectivity index (χ2v) is 11.8. The van der Waals surface area contributed by atoms with Crippen LogP contribution in [0.3, 0.4) is 0 Å². The van der Waals surface area contributed by atoms with E-state index in [1.54, 1.807) is 11.7 Å². The van der Waals surface area contributed by atoms with Crippen LogP contribution in [0, 0.1) is 6.92 Å². The number of rotatable bonds is 6. The van der Waals surface area contributed by atoms with E-state index in [0.717, 1.165) is 60.2 Å². The van der Waals surface area contributed by atoms with E-state index in [-0.39, 0.29) is 22.6 Å². The zero-order chi connectivity index (χ0) is 27.7. The molecule has 1 spiro atoms. The lowest BCUT2D eigenvalue weighted by molar-refractivity contribution is -0.113. The number of benzene rings is 3. The summed E-state index contributed by atoms with van der Waals surface area (Å²) in [6.45, 7) is 2.02. The van der Waals surface area contributed by atoms with Gasteiger partial charge in [0.25, 0.3) is 5.56 Å². The summed E-state index contributed by atoms with van der Waals surface area (Å²) in [7, 11) is 1.58. The highest BCUT2D eigenvalue weighted by Crippen LogP contribution is 2.49. The first-order chi connectivity index (χ1) is 19.5. The lowest BCUT2D eigenvalue weighted by atomic mass is 9.62. The molecule has 0 radical (unpaired) electrons. The van der Waals surface area contributed by atoms with Crippen molar-refractivity contribution in [1.29, 1.82) is 0 Å². The highest BCUT2D eigenvalue weighted by atomic mass is 32.2. The molecule has 3 aromatic carbocycles. The SMILES string of the molecule is COc1ccccc1NC(=O)CSc1nc2c(c(=O)n1-c1cccc(C)c1)C1(CCCCC1)Cc1ccccc1-2. The molecular formula is C33H33N3O3S. The minimum atomic E-state index is -0.206. The molecule has 1 amide bonds. The first kappa shape index (κ1) is 26.4. The molecule has 1 N–H and O–H groups in total. The first-order valence-electron chi connectivity index (χ1n) is 13.9. The van der Waals surface area contributed by atoms with E-state index in [0.29, 0.717) is 16.6 Å². The molecule has 4 aromatic rings. The van der Waals surface area contributed by atoms with Gasteiger partial charge in [-0.2, -0.15) is 0 Å². The number of carbonyl (C=O) groups is 1. The molecule has 0 bridgehead atoms. The molecule has 2 aliphatic carbocycles. The minimum Gasteiger partial charge on any atom is -0.495 e. The summed E-state index contributed by atoms with van der Waals surface area (Å²) in [5.74, 6) is 0.502. The van der Waals surface area contributed by atoms with Crippen molar-refractivity contribution in [1.82, 2.24) is 9.55 Å². The van der Waals surface area contributed by atoms with Crippen molar-refractivity contribution in [3.63, 3.8) is 0 Å². The van der Waals surface area contributed by atoms with E-state index in [4.69, 9.17) is 9.72 Å². The van der Waals surface area contributed by atoms with Crippen molar-refractivity contribution in [3.8, 4) is 22.7 Å². The van der Waals surface area contributed by atoms with Crippen molar-refractivity contribution in [2.75, 3.05) is 18.2 Å². The fraction of sp³-hybridized carbons (Fsp3) is 0.303. The molecule has 1 fully saturated rings. The molecule has 1 aromatic heterocycles. The number of carbonyl (C=O) groups excluding carboxylic acids is 1. The number of nitrogens with zero attached hydrogens (tertiary/aromatic N) is 2. The summed E-state index contributed by atoms with van der Waals surface area (Å²) in [5.41, 5.74) is 6.13. The molecule has 6 nitrogen and oxygen atoms in total. The van der Waals surface area contributed by atoms with Crippen molar-refractivity contribution >= 4 is 23.4 Å². The third kappa shape index (κ3) is 4.83. The number of methoxy groups -OCH3 is 1. The molecule has 204 valence electrons. The maximum Gasteiger partial charge on any atom is 0.263 e. The van der Waals surface area contributed by atoms with Crippen LogP contribution < -0.4 is 15.6 Å². The van der Waals surface area contributed by atoms with E-state index in [9.17, 15) is 9.59 Å². The number of thioether (sulfide) groups is 1. The van der Waals surface area contributed by atoms with E-state index in [1.807, 2.05) is 61.5 Å². The smallest absolute Gasteiger partial charge is 0.263 e. The van der Waals surface area contributed by atoms with Gasteiger partial charge in [0.05, 0.1) is 35.5 Å². The number of fused-ring (bicyclic) bond motifs is 4. The molecule has 0 aliphatic heterocycles. The highest BCUT2D eigenvalue weighted by Gasteiger charge is 2.43. The number of ether oxygens (including phenoxy) is 1. The number of para-hydroxylation sites is 2. The zero-order valence-electron chi connectivity index (χ0n) is 22.9. The van der Waals surface area contributed by atoms with Gasteiger partial charge in [-0.05, 0) is 61.6 Å². The van der Waals surface area contributed by atoms with Crippen molar-refractivity contribution in [3.05, 3.63) is 99.8 Å². The number of amides is 1. The van der Waals surface area contributed by atoms with Crippen LogP contribution in [0.4, 0.5) is 5.69 Å². The Hall–Kier alpha value is -3.84. The Morgan fingerprint density at radius 2 is 1.80 bits per heavy atom. The Balaban J connectivity index is 1.46. The van der Waals surface area contributed by atoms with Gasteiger partial charge in [-0.3, -0.25) is 14.2 Å². The van der Waals surface area contributed by atoms with Gasteiger partial charge in [-0.15, -0.1) is 0 Å². The van der Waals surface area contributed by atoms with E-state index in [2.05, 4.69) is 23.5 Å². The summed E-state index contributed by atoms with van der Waals surface area (Å²) in [4.78, 5) is 32.9. The number of aryl methyl sites for hydroxylation is 1. The van der Waals surface area contributed by atoms with Crippen LogP contribution in [0.25, 0.3) is 16.9 Å². The number of nitrogens with one attached hydrogen (secondary N) is 1. The highest BCUT2D eigenvalue weighted by molar-refractivity contribution is 7.99. The molecule has 1 heterocycles. The third-order valence-corrected chi connectivity index (χ3v) is 9.11. The van der Waals surface area contributed by atoms with Gasteiger partial charge in [0, 0.05) is 11.0 Å². The molecule has 1 saturated carbocycles. The summed E-state index contributed by atoms with van der Waals surface area (Å²) in [6.07, 6.45) is 6.29. The summed E-state index contributed by atoms with van der Waals surface area (Å²) in [6, 6.07) is 23.6. The lowest BCUT2D eigenvalue weighted by Crippen LogP contribution is -2.43. The minimum absolute atomic E-state index is 0.0142. The van der Waals surface area contributed by atoms with Crippen molar-refractivity contribution in [2.24, 2.45) is 0 Å². The van der Waals surface area contributed by atoms with Gasteiger partial charge in [0.1, 0.15) is 5.75 Å². The van der Waals surface area contributed by atoms with Gasteiger partial charge >= 0.3 is 0 Å². The van der Waals surface area contributed by atoms with Crippen LogP contribution in [0.2, 0.25) is 0 Å². The second kappa shape index (κ2) is 11.0. The monoisotopic (exact) mass is 551 g/mol. The largest absolute Gasteiger partial charge is 0.495 e. The fourth-order valence-electron chi connectivity index (χ4n) is 6.34. The number of anilines is 1. The summed E-state index contributed by atoms with van der Waals surface area (Å²) in [5, 5.41) is 3.46. The fourth-order valence-corrected chi connectivity index (χ4v) is 7.15. The van der Waals surface area contributed by atoms with Crippen LogP contribution in [-0.2, 0) is 16.6 Å². The van der Waals surface area contributed by atoms with Crippen LogP contribution in [0.5, 0.6) is 5.75 Å².